The highest BCUT2D eigenvalue weighted by Gasteiger charge is 2.37. The Morgan fingerprint density at radius 3 is 2.70 bits per heavy atom. The first-order chi connectivity index (χ1) is 18.2. The Balaban J connectivity index is 1.21. The molecule has 0 saturated carbocycles. The first kappa shape index (κ1) is 23.7. The molecule has 6 rings (SSSR count). The fourth-order valence-corrected chi connectivity index (χ4v) is 5.89. The van der Waals surface area contributed by atoms with Crippen LogP contribution in [-0.2, 0) is 13.1 Å². The maximum absolute atomic E-state index is 5.67. The molecule has 0 unspecified atom stereocenters. The van der Waals surface area contributed by atoms with Crippen LogP contribution in [0, 0.1) is 6.92 Å². The zero-order valence-corrected chi connectivity index (χ0v) is 21.6. The normalized spacial score (nSPS) is 19.9. The lowest BCUT2D eigenvalue weighted by molar-refractivity contribution is 0.191. The van der Waals surface area contributed by atoms with Crippen LogP contribution in [0.3, 0.4) is 0 Å². The number of hydrogen-bond acceptors (Lipinski definition) is 5. The van der Waals surface area contributed by atoms with E-state index in [1.165, 1.54) is 24.8 Å². The number of aromatic nitrogens is 5. The molecule has 0 bridgehead atoms. The van der Waals surface area contributed by atoms with Gasteiger partial charge < -0.3 is 9.30 Å². The summed E-state index contributed by atoms with van der Waals surface area (Å²) in [4.78, 5) is 12.0. The van der Waals surface area contributed by atoms with Crippen LogP contribution in [0.15, 0.2) is 61.1 Å². The number of fused-ring (bicyclic) bond motifs is 1. The fourth-order valence-electron chi connectivity index (χ4n) is 5.89. The first-order valence-electron chi connectivity index (χ1n) is 13.3. The van der Waals surface area contributed by atoms with Gasteiger partial charge >= 0.3 is 0 Å². The van der Waals surface area contributed by atoms with Crippen molar-refractivity contribution in [2.24, 2.45) is 0 Å². The molecule has 2 aliphatic rings. The van der Waals surface area contributed by atoms with E-state index in [9.17, 15) is 0 Å². The van der Waals surface area contributed by atoms with E-state index in [2.05, 4.69) is 63.1 Å². The molecule has 2 atom stereocenters. The van der Waals surface area contributed by atoms with Gasteiger partial charge in [-0.05, 0) is 68.5 Å². The molecule has 4 heterocycles. The zero-order chi connectivity index (χ0) is 25.2. The van der Waals surface area contributed by atoms with Gasteiger partial charge in [-0.25, -0.2) is 14.6 Å². The van der Waals surface area contributed by atoms with Gasteiger partial charge in [0.1, 0.15) is 11.6 Å². The number of imidazole rings is 1. The average Bonchev–Trinajstić information content (AvgIpc) is 3.67. The lowest BCUT2D eigenvalue weighted by Gasteiger charge is -2.33. The van der Waals surface area contributed by atoms with E-state index in [1.807, 2.05) is 36.2 Å². The van der Waals surface area contributed by atoms with Crippen LogP contribution in [-0.4, -0.2) is 48.9 Å². The highest BCUT2D eigenvalue weighted by molar-refractivity contribution is 5.69. The molecule has 190 valence electrons. The summed E-state index contributed by atoms with van der Waals surface area (Å²) in [6.07, 6.45) is 12.7. The minimum Gasteiger partial charge on any atom is -0.495 e. The van der Waals surface area contributed by atoms with E-state index in [0.717, 1.165) is 60.4 Å². The lowest BCUT2D eigenvalue weighted by atomic mass is 9.89. The predicted octanol–water partition coefficient (Wildman–Crippen LogP) is 5.49. The maximum Gasteiger partial charge on any atom is 0.174 e. The SMILES string of the molecule is COc1cc(/C=C/c2nc3n(n2)CCC[C@@H]3[C@@H]2CCCN2Cc2ccccc2)ccc1-n1cnc(C)c1. The number of hydrogen-bond donors (Lipinski definition) is 0. The average molecular weight is 495 g/mol. The molecule has 0 spiro atoms. The molecular formula is C30H34N6O. The van der Waals surface area contributed by atoms with Crippen molar-refractivity contribution in [1.82, 2.24) is 29.2 Å². The van der Waals surface area contributed by atoms with Gasteiger partial charge in [-0.1, -0.05) is 42.5 Å². The van der Waals surface area contributed by atoms with E-state index in [-0.39, 0.29) is 0 Å². The van der Waals surface area contributed by atoms with Gasteiger partial charge in [0.2, 0.25) is 0 Å². The minimum atomic E-state index is 0.438. The van der Waals surface area contributed by atoms with Crippen molar-refractivity contribution < 1.29 is 4.74 Å². The third-order valence-electron chi connectivity index (χ3n) is 7.66. The van der Waals surface area contributed by atoms with Crippen LogP contribution in [0.4, 0.5) is 0 Å². The molecule has 4 aromatic rings. The standard InChI is InChI=1S/C30H34N6O/c1-22-19-35(21-31-22)27-14-12-23(18-28(27)37-2)13-15-29-32-30-25(10-6-17-36(30)33-29)26-11-7-16-34(26)20-24-8-4-3-5-9-24/h3-5,8-9,12-15,18-19,21,25-26H,6-7,10-11,16-17,20H2,1-2H3/b15-13+/t25-,26+/m1/s1. The molecule has 2 aromatic heterocycles. The maximum atomic E-state index is 5.67. The van der Waals surface area contributed by atoms with Crippen molar-refractivity contribution >= 4 is 12.2 Å². The number of rotatable bonds is 7. The Kier molecular flexibility index (Phi) is 6.62. The summed E-state index contributed by atoms with van der Waals surface area (Å²) in [5.74, 6) is 3.17. The molecule has 7 heteroatoms. The monoisotopic (exact) mass is 494 g/mol. The van der Waals surface area contributed by atoms with E-state index < -0.39 is 0 Å². The largest absolute Gasteiger partial charge is 0.495 e. The van der Waals surface area contributed by atoms with Crippen molar-refractivity contribution in [2.45, 2.75) is 57.7 Å². The molecule has 7 nitrogen and oxygen atoms in total. The number of likely N-dealkylation sites (tertiary alicyclic amines) is 1. The second kappa shape index (κ2) is 10.3. The third-order valence-corrected chi connectivity index (χ3v) is 7.66. The molecule has 2 aromatic carbocycles. The highest BCUT2D eigenvalue weighted by atomic mass is 16.5. The quantitative estimate of drug-likeness (QED) is 0.340. The fraction of sp³-hybridized carbons (Fsp3) is 0.367. The van der Waals surface area contributed by atoms with Gasteiger partial charge in [0.05, 0.1) is 24.8 Å². The first-order valence-corrected chi connectivity index (χ1v) is 13.3. The van der Waals surface area contributed by atoms with E-state index >= 15 is 0 Å². The van der Waals surface area contributed by atoms with Gasteiger partial charge in [0.15, 0.2) is 5.82 Å². The number of ether oxygens (including phenoxy) is 1. The molecule has 1 saturated heterocycles. The van der Waals surface area contributed by atoms with Crippen molar-refractivity contribution in [3.8, 4) is 11.4 Å². The Labute approximate surface area is 218 Å². The molecule has 1 fully saturated rings. The summed E-state index contributed by atoms with van der Waals surface area (Å²) in [6.45, 7) is 5.10. The van der Waals surface area contributed by atoms with Crippen LogP contribution in [0.1, 0.15) is 60.1 Å². The summed E-state index contributed by atoms with van der Waals surface area (Å²) in [5, 5.41) is 4.86. The smallest absolute Gasteiger partial charge is 0.174 e. The minimum absolute atomic E-state index is 0.438. The van der Waals surface area contributed by atoms with Crippen LogP contribution >= 0.6 is 0 Å². The van der Waals surface area contributed by atoms with Gasteiger partial charge in [-0.2, -0.15) is 5.10 Å². The molecule has 0 aliphatic carbocycles. The number of aryl methyl sites for hydroxylation is 2. The lowest BCUT2D eigenvalue weighted by Crippen LogP contribution is -2.37. The number of nitrogens with zero attached hydrogens (tertiary/aromatic N) is 6. The van der Waals surface area contributed by atoms with Crippen LogP contribution in [0.2, 0.25) is 0 Å². The molecule has 2 aliphatic heterocycles. The molecule has 0 amide bonds. The molecule has 37 heavy (non-hydrogen) atoms. The third kappa shape index (κ3) is 4.96. The van der Waals surface area contributed by atoms with E-state index in [0.29, 0.717) is 12.0 Å². The summed E-state index contributed by atoms with van der Waals surface area (Å²) in [6, 6.07) is 17.6. The van der Waals surface area contributed by atoms with Gasteiger partial charge in [-0.3, -0.25) is 4.90 Å². The predicted molar refractivity (Wildman–Crippen MR) is 146 cm³/mol. The highest BCUT2D eigenvalue weighted by Crippen LogP contribution is 2.37. The van der Waals surface area contributed by atoms with Crippen LogP contribution in [0.5, 0.6) is 5.75 Å². The van der Waals surface area contributed by atoms with Crippen LogP contribution in [0.25, 0.3) is 17.8 Å². The Hall–Kier alpha value is -3.71. The summed E-state index contributed by atoms with van der Waals surface area (Å²) in [5.41, 5.74) is 4.38. The van der Waals surface area contributed by atoms with Crippen molar-refractivity contribution in [3.05, 3.63) is 89.5 Å². The van der Waals surface area contributed by atoms with E-state index in [1.54, 1.807) is 7.11 Å². The van der Waals surface area contributed by atoms with Crippen LogP contribution < -0.4 is 4.74 Å². The summed E-state index contributed by atoms with van der Waals surface area (Å²) in [7, 11) is 1.70. The Morgan fingerprint density at radius 1 is 1.03 bits per heavy atom. The van der Waals surface area contributed by atoms with Crippen molar-refractivity contribution in [1.29, 1.82) is 0 Å². The summed E-state index contributed by atoms with van der Waals surface area (Å²) >= 11 is 0. The number of benzene rings is 2. The van der Waals surface area contributed by atoms with E-state index in [4.69, 9.17) is 14.8 Å². The zero-order valence-electron chi connectivity index (χ0n) is 21.6. The van der Waals surface area contributed by atoms with Gasteiger partial charge in [0, 0.05) is 31.2 Å². The van der Waals surface area contributed by atoms with Crippen molar-refractivity contribution in [2.75, 3.05) is 13.7 Å². The summed E-state index contributed by atoms with van der Waals surface area (Å²) < 4.78 is 9.80. The Morgan fingerprint density at radius 2 is 1.89 bits per heavy atom. The topological polar surface area (TPSA) is 61.0 Å². The Bertz CT molecular complexity index is 1390. The van der Waals surface area contributed by atoms with Crippen molar-refractivity contribution in [3.63, 3.8) is 0 Å². The van der Waals surface area contributed by atoms with Gasteiger partial charge in [0.25, 0.3) is 0 Å². The molecular weight excluding hydrogens is 460 g/mol. The second-order valence-corrected chi connectivity index (χ2v) is 10.2. The number of methoxy groups -OCH3 is 1. The van der Waals surface area contributed by atoms with Gasteiger partial charge in [-0.15, -0.1) is 0 Å². The second-order valence-electron chi connectivity index (χ2n) is 10.2. The molecule has 0 N–H and O–H groups in total. The molecule has 0 radical (unpaired) electrons.